The SMILES string of the molecule is O[C@H](Cn1c2c(c3cc(Cl)cc(F)c31)[C@H]1CCCN1CC2)c1ccncc1. The summed E-state index contributed by atoms with van der Waals surface area (Å²) in [4.78, 5) is 6.50. The van der Waals surface area contributed by atoms with E-state index in [1.807, 2.05) is 10.6 Å². The smallest absolute Gasteiger partial charge is 0.148 e. The third-order valence-corrected chi connectivity index (χ3v) is 6.22. The predicted molar refractivity (Wildman–Crippen MR) is 103 cm³/mol. The molecule has 4 nitrogen and oxygen atoms in total. The van der Waals surface area contributed by atoms with E-state index in [-0.39, 0.29) is 5.82 Å². The maximum absolute atomic E-state index is 15.0. The molecule has 0 radical (unpaired) electrons. The Bertz CT molecular complexity index is 1000. The van der Waals surface area contributed by atoms with Gasteiger partial charge in [-0.2, -0.15) is 0 Å². The molecule has 1 aromatic carbocycles. The minimum Gasteiger partial charge on any atom is -0.387 e. The van der Waals surface area contributed by atoms with Crippen LogP contribution in [0.4, 0.5) is 4.39 Å². The maximum Gasteiger partial charge on any atom is 0.148 e. The minimum atomic E-state index is -0.718. The molecule has 2 aliphatic rings. The Hall–Kier alpha value is -1.95. The molecule has 0 saturated carbocycles. The average Bonchev–Trinajstić information content (AvgIpc) is 3.25. The lowest BCUT2D eigenvalue weighted by atomic mass is 9.96. The van der Waals surface area contributed by atoms with Crippen molar-refractivity contribution in [1.29, 1.82) is 0 Å². The van der Waals surface area contributed by atoms with Gasteiger partial charge in [-0.15, -0.1) is 0 Å². The summed E-state index contributed by atoms with van der Waals surface area (Å²) < 4.78 is 17.0. The number of pyridine rings is 1. The first kappa shape index (κ1) is 17.2. The Kier molecular flexibility index (Phi) is 4.19. The highest BCUT2D eigenvalue weighted by Crippen LogP contribution is 2.44. The third-order valence-electron chi connectivity index (χ3n) is 6.00. The monoisotopic (exact) mass is 385 g/mol. The van der Waals surface area contributed by atoms with Crippen LogP contribution < -0.4 is 0 Å². The molecule has 6 heteroatoms. The van der Waals surface area contributed by atoms with Crippen LogP contribution >= 0.6 is 11.6 Å². The summed E-state index contributed by atoms with van der Waals surface area (Å²) in [5, 5.41) is 12.1. The van der Waals surface area contributed by atoms with Gasteiger partial charge >= 0.3 is 0 Å². The fraction of sp³-hybridized carbons (Fsp3) is 0.381. The third kappa shape index (κ3) is 2.76. The van der Waals surface area contributed by atoms with Crippen LogP contribution in [0.25, 0.3) is 10.9 Å². The van der Waals surface area contributed by atoms with Crippen LogP contribution in [0.1, 0.15) is 41.8 Å². The molecule has 0 unspecified atom stereocenters. The van der Waals surface area contributed by atoms with Gasteiger partial charge in [0, 0.05) is 47.5 Å². The van der Waals surface area contributed by atoms with Crippen molar-refractivity contribution in [2.45, 2.75) is 38.0 Å². The van der Waals surface area contributed by atoms with Crippen molar-refractivity contribution in [3.63, 3.8) is 0 Å². The van der Waals surface area contributed by atoms with Crippen LogP contribution in [0.15, 0.2) is 36.7 Å². The molecule has 27 heavy (non-hydrogen) atoms. The summed E-state index contributed by atoms with van der Waals surface area (Å²) in [6, 6.07) is 7.18. The van der Waals surface area contributed by atoms with Crippen molar-refractivity contribution in [3.05, 3.63) is 64.3 Å². The van der Waals surface area contributed by atoms with Crippen LogP contribution in [0.5, 0.6) is 0 Å². The summed E-state index contributed by atoms with van der Waals surface area (Å²) in [7, 11) is 0. The molecule has 1 N–H and O–H groups in total. The molecule has 1 fully saturated rings. The molecule has 0 bridgehead atoms. The van der Waals surface area contributed by atoms with Crippen molar-refractivity contribution in [2.75, 3.05) is 13.1 Å². The average molecular weight is 386 g/mol. The van der Waals surface area contributed by atoms with Gasteiger partial charge in [0.05, 0.1) is 18.2 Å². The van der Waals surface area contributed by atoms with E-state index in [0.29, 0.717) is 23.1 Å². The highest BCUT2D eigenvalue weighted by molar-refractivity contribution is 6.31. The topological polar surface area (TPSA) is 41.3 Å². The van der Waals surface area contributed by atoms with Crippen LogP contribution in [0, 0.1) is 5.82 Å². The molecule has 2 aromatic heterocycles. The molecule has 140 valence electrons. The summed E-state index contributed by atoms with van der Waals surface area (Å²) in [6.45, 7) is 2.40. The highest BCUT2D eigenvalue weighted by atomic mass is 35.5. The van der Waals surface area contributed by atoms with E-state index < -0.39 is 6.10 Å². The number of fused-ring (bicyclic) bond motifs is 5. The van der Waals surface area contributed by atoms with Gasteiger partial charge in [0.2, 0.25) is 0 Å². The second-order valence-electron chi connectivity index (χ2n) is 7.50. The van der Waals surface area contributed by atoms with Crippen molar-refractivity contribution in [2.24, 2.45) is 0 Å². The fourth-order valence-electron chi connectivity index (χ4n) is 4.86. The van der Waals surface area contributed by atoms with Gasteiger partial charge in [-0.1, -0.05) is 11.6 Å². The predicted octanol–water partition coefficient (Wildman–Crippen LogP) is 4.26. The summed E-state index contributed by atoms with van der Waals surface area (Å²) in [6.07, 6.45) is 5.73. The molecule has 1 saturated heterocycles. The van der Waals surface area contributed by atoms with Gasteiger partial charge in [0.15, 0.2) is 0 Å². The lowest BCUT2D eigenvalue weighted by molar-refractivity contribution is 0.155. The number of hydrogen-bond acceptors (Lipinski definition) is 3. The second kappa shape index (κ2) is 6.59. The first-order valence-electron chi connectivity index (χ1n) is 9.45. The molecule has 0 spiro atoms. The minimum absolute atomic E-state index is 0.321. The van der Waals surface area contributed by atoms with Gasteiger partial charge in [-0.05, 0) is 54.8 Å². The highest BCUT2D eigenvalue weighted by Gasteiger charge is 2.36. The van der Waals surface area contributed by atoms with Crippen molar-refractivity contribution in [3.8, 4) is 0 Å². The van der Waals surface area contributed by atoms with Gasteiger partial charge in [0.1, 0.15) is 5.82 Å². The molecule has 3 aromatic rings. The Morgan fingerprint density at radius 1 is 1.26 bits per heavy atom. The van der Waals surface area contributed by atoms with E-state index >= 15 is 0 Å². The zero-order valence-corrected chi connectivity index (χ0v) is 15.7. The lowest BCUT2D eigenvalue weighted by Gasteiger charge is -2.31. The number of hydrogen-bond donors (Lipinski definition) is 1. The fourth-order valence-corrected chi connectivity index (χ4v) is 5.06. The van der Waals surface area contributed by atoms with Crippen molar-refractivity contribution < 1.29 is 9.50 Å². The van der Waals surface area contributed by atoms with E-state index in [1.165, 1.54) is 18.1 Å². The molecule has 2 atom stereocenters. The number of halogens is 2. The van der Waals surface area contributed by atoms with Crippen molar-refractivity contribution in [1.82, 2.24) is 14.5 Å². The Morgan fingerprint density at radius 2 is 2.07 bits per heavy atom. The van der Waals surface area contributed by atoms with Crippen LogP contribution in [0.3, 0.4) is 0 Å². The zero-order valence-electron chi connectivity index (χ0n) is 14.9. The molecule has 0 aliphatic carbocycles. The normalized spacial score (nSPS) is 20.6. The van der Waals surface area contributed by atoms with Gasteiger partial charge in [-0.3, -0.25) is 9.88 Å². The molecule has 2 aliphatic heterocycles. The lowest BCUT2D eigenvalue weighted by Crippen LogP contribution is -2.31. The molecular weight excluding hydrogens is 365 g/mol. The number of aliphatic hydroxyl groups is 1. The largest absolute Gasteiger partial charge is 0.387 e. The van der Waals surface area contributed by atoms with E-state index in [4.69, 9.17) is 11.6 Å². The number of aliphatic hydroxyl groups excluding tert-OH is 1. The van der Waals surface area contributed by atoms with Gasteiger partial charge < -0.3 is 9.67 Å². The Balaban J connectivity index is 1.68. The van der Waals surface area contributed by atoms with E-state index in [0.717, 1.165) is 42.6 Å². The molecule has 0 amide bonds. The first-order valence-corrected chi connectivity index (χ1v) is 9.83. The van der Waals surface area contributed by atoms with E-state index in [9.17, 15) is 9.50 Å². The maximum atomic E-state index is 15.0. The van der Waals surface area contributed by atoms with Crippen molar-refractivity contribution >= 4 is 22.5 Å². The molecular formula is C21H21ClFN3O. The summed E-state index contributed by atoms with van der Waals surface area (Å²) in [5.74, 6) is -0.321. The number of aromatic nitrogens is 2. The second-order valence-corrected chi connectivity index (χ2v) is 7.93. The van der Waals surface area contributed by atoms with Gasteiger partial charge in [0.25, 0.3) is 0 Å². The molecule has 4 heterocycles. The standard InChI is InChI=1S/C21H21ClFN3O/c22-14-10-15-20-17-2-1-8-25(17)9-5-18(20)26(21(15)16(23)11-14)12-19(27)13-3-6-24-7-4-13/h3-4,6-7,10-11,17,19,27H,1-2,5,8-9,12H2/t17-,19-/m1/s1. The van der Waals surface area contributed by atoms with Gasteiger partial charge in [-0.25, -0.2) is 4.39 Å². The summed E-state index contributed by atoms with van der Waals surface area (Å²) in [5.41, 5.74) is 3.69. The van der Waals surface area contributed by atoms with Crippen LogP contribution in [-0.2, 0) is 13.0 Å². The Labute approximate surface area is 162 Å². The van der Waals surface area contributed by atoms with Crippen LogP contribution in [-0.4, -0.2) is 32.6 Å². The number of rotatable bonds is 3. The van der Waals surface area contributed by atoms with E-state index in [2.05, 4.69) is 9.88 Å². The zero-order chi connectivity index (χ0) is 18.5. The molecule has 5 rings (SSSR count). The summed E-state index contributed by atoms with van der Waals surface area (Å²) >= 11 is 6.20. The first-order chi connectivity index (χ1) is 13.1. The quantitative estimate of drug-likeness (QED) is 0.732. The number of nitrogens with zero attached hydrogens (tertiary/aromatic N) is 3. The van der Waals surface area contributed by atoms with Crippen LogP contribution in [0.2, 0.25) is 5.02 Å². The number of benzene rings is 1. The van der Waals surface area contributed by atoms with E-state index in [1.54, 1.807) is 24.5 Å². The Morgan fingerprint density at radius 3 is 2.89 bits per heavy atom.